The molecule has 1 amide bonds. The Hall–Kier alpha value is -1.91. The third kappa shape index (κ3) is 4.55. The summed E-state index contributed by atoms with van der Waals surface area (Å²) < 4.78 is 31.3. The number of rotatable bonds is 4. The molecule has 1 N–H and O–H groups in total. The molecule has 0 spiro atoms. The number of carbonyl (C=O) groups excluding carboxylic acids is 1. The molecule has 0 bridgehead atoms. The fourth-order valence-corrected chi connectivity index (χ4v) is 3.39. The van der Waals surface area contributed by atoms with Crippen molar-refractivity contribution in [1.29, 1.82) is 5.26 Å². The van der Waals surface area contributed by atoms with Gasteiger partial charge in [-0.2, -0.15) is 5.26 Å². The maximum absolute atomic E-state index is 12.0. The Morgan fingerprint density at radius 2 is 2.24 bits per heavy atom. The van der Waals surface area contributed by atoms with Gasteiger partial charge in [0.05, 0.1) is 23.5 Å². The Balaban J connectivity index is 2.01. The monoisotopic (exact) mass is 308 g/mol. The second-order valence-electron chi connectivity index (χ2n) is 4.89. The van der Waals surface area contributed by atoms with E-state index in [1.54, 1.807) is 6.07 Å². The van der Waals surface area contributed by atoms with Gasteiger partial charge in [0, 0.05) is 12.2 Å². The number of amides is 1. The molecule has 1 unspecified atom stereocenters. The molecule has 2 rings (SSSR count). The van der Waals surface area contributed by atoms with Crippen molar-refractivity contribution in [2.24, 2.45) is 0 Å². The van der Waals surface area contributed by atoms with Gasteiger partial charge in [0.2, 0.25) is 10.0 Å². The molecule has 1 saturated heterocycles. The molecule has 0 aromatic heterocycles. The molecule has 1 aromatic carbocycles. The van der Waals surface area contributed by atoms with Gasteiger partial charge in [0.25, 0.3) is 5.91 Å². The molecule has 112 valence electrons. The third-order valence-corrected chi connectivity index (χ3v) is 4.49. The number of carbonyl (C=O) groups is 1. The van der Waals surface area contributed by atoms with E-state index in [0.717, 1.165) is 12.8 Å². The first-order valence-electron chi connectivity index (χ1n) is 6.67. The smallest absolute Gasteiger partial charge is 0.264 e. The van der Waals surface area contributed by atoms with Crippen molar-refractivity contribution in [3.63, 3.8) is 0 Å². The van der Waals surface area contributed by atoms with Gasteiger partial charge in [-0.05, 0) is 37.5 Å². The number of benzene rings is 1. The quantitative estimate of drug-likeness (QED) is 0.901. The zero-order valence-corrected chi connectivity index (χ0v) is 12.2. The van der Waals surface area contributed by atoms with Crippen LogP contribution in [0.2, 0.25) is 0 Å². The van der Waals surface area contributed by atoms with E-state index in [2.05, 4.69) is 0 Å². The zero-order valence-electron chi connectivity index (χ0n) is 11.4. The molecule has 6 nitrogen and oxygen atoms in total. The van der Waals surface area contributed by atoms with Crippen molar-refractivity contribution in [2.75, 3.05) is 12.4 Å². The number of nitrogens with zero attached hydrogens (tertiary/aromatic N) is 1. The minimum Gasteiger partial charge on any atom is -0.377 e. The summed E-state index contributed by atoms with van der Waals surface area (Å²) in [5, 5.41) is 8.78. The lowest BCUT2D eigenvalue weighted by molar-refractivity contribution is 0.0304. The fourth-order valence-electron chi connectivity index (χ4n) is 2.16. The molecule has 1 aromatic rings. The Labute approximate surface area is 123 Å². The zero-order chi connectivity index (χ0) is 15.3. The van der Waals surface area contributed by atoms with Gasteiger partial charge in [-0.25, -0.2) is 13.1 Å². The molecule has 1 aliphatic rings. The topological polar surface area (TPSA) is 96.3 Å². The lowest BCUT2D eigenvalue weighted by atomic mass is 10.1. The van der Waals surface area contributed by atoms with Gasteiger partial charge in [0.1, 0.15) is 0 Å². The lowest BCUT2D eigenvalue weighted by Gasteiger charge is -2.22. The van der Waals surface area contributed by atoms with Crippen molar-refractivity contribution in [3.05, 3.63) is 35.4 Å². The van der Waals surface area contributed by atoms with Gasteiger partial charge >= 0.3 is 0 Å². The van der Waals surface area contributed by atoms with Crippen molar-refractivity contribution >= 4 is 15.9 Å². The molecule has 1 fully saturated rings. The third-order valence-electron chi connectivity index (χ3n) is 3.18. The molecule has 0 saturated carbocycles. The number of nitrogens with one attached hydrogen (secondary N) is 1. The molecule has 7 heteroatoms. The fraction of sp³-hybridized carbons (Fsp3) is 0.429. The Morgan fingerprint density at radius 1 is 1.43 bits per heavy atom. The molecular formula is C14H16N2O4S. The van der Waals surface area contributed by atoms with Gasteiger partial charge in [-0.15, -0.1) is 0 Å². The summed E-state index contributed by atoms with van der Waals surface area (Å²) >= 11 is 0. The molecule has 21 heavy (non-hydrogen) atoms. The van der Waals surface area contributed by atoms with E-state index in [0.29, 0.717) is 18.6 Å². The number of sulfonamides is 1. The predicted molar refractivity (Wildman–Crippen MR) is 76.0 cm³/mol. The van der Waals surface area contributed by atoms with E-state index in [4.69, 9.17) is 10.00 Å². The van der Waals surface area contributed by atoms with E-state index in [9.17, 15) is 13.2 Å². The van der Waals surface area contributed by atoms with Crippen molar-refractivity contribution in [2.45, 2.75) is 25.4 Å². The highest BCUT2D eigenvalue weighted by atomic mass is 32.2. The van der Waals surface area contributed by atoms with Crippen LogP contribution in [0, 0.1) is 11.3 Å². The summed E-state index contributed by atoms with van der Waals surface area (Å²) in [6, 6.07) is 7.79. The van der Waals surface area contributed by atoms with Crippen molar-refractivity contribution < 1.29 is 17.9 Å². The highest BCUT2D eigenvalue weighted by Gasteiger charge is 2.24. The van der Waals surface area contributed by atoms with Crippen LogP contribution in [-0.2, 0) is 14.8 Å². The Kier molecular flexibility index (Phi) is 4.94. The van der Waals surface area contributed by atoms with Gasteiger partial charge in [0.15, 0.2) is 0 Å². The van der Waals surface area contributed by atoms with Gasteiger partial charge < -0.3 is 4.74 Å². The lowest BCUT2D eigenvalue weighted by Crippen LogP contribution is -2.38. The van der Waals surface area contributed by atoms with Crippen LogP contribution in [-0.4, -0.2) is 32.8 Å². The number of ether oxygens (including phenoxy) is 1. The molecule has 1 heterocycles. The van der Waals surface area contributed by atoms with Crippen LogP contribution in [0.3, 0.4) is 0 Å². The van der Waals surface area contributed by atoms with Gasteiger partial charge in [-0.3, -0.25) is 4.79 Å². The molecule has 0 aliphatic carbocycles. The molecule has 1 atom stereocenters. The van der Waals surface area contributed by atoms with E-state index in [1.807, 2.05) is 10.8 Å². The van der Waals surface area contributed by atoms with Gasteiger partial charge in [-0.1, -0.05) is 6.07 Å². The van der Waals surface area contributed by atoms with E-state index in [-0.39, 0.29) is 17.4 Å². The van der Waals surface area contributed by atoms with Crippen LogP contribution in [0.1, 0.15) is 35.2 Å². The van der Waals surface area contributed by atoms with Crippen LogP contribution >= 0.6 is 0 Å². The summed E-state index contributed by atoms with van der Waals surface area (Å²) in [6.45, 7) is 0.554. The van der Waals surface area contributed by atoms with Crippen molar-refractivity contribution in [1.82, 2.24) is 4.72 Å². The predicted octanol–water partition coefficient (Wildman–Crippen LogP) is 1.19. The average molecular weight is 308 g/mol. The van der Waals surface area contributed by atoms with Crippen LogP contribution in [0.4, 0.5) is 0 Å². The van der Waals surface area contributed by atoms with E-state index >= 15 is 0 Å². The summed E-state index contributed by atoms with van der Waals surface area (Å²) in [5.41, 5.74) is 0.442. The first-order chi connectivity index (χ1) is 10.00. The normalized spacial score (nSPS) is 18.7. The molecule has 0 radical (unpaired) electrons. The largest absolute Gasteiger partial charge is 0.377 e. The van der Waals surface area contributed by atoms with Crippen LogP contribution in [0.5, 0.6) is 0 Å². The highest BCUT2D eigenvalue weighted by Crippen LogP contribution is 2.14. The summed E-state index contributed by atoms with van der Waals surface area (Å²) in [4.78, 5) is 11.9. The second kappa shape index (κ2) is 6.70. The Morgan fingerprint density at radius 3 is 2.90 bits per heavy atom. The number of nitriles is 1. The SMILES string of the molecule is N#Cc1cccc(C(=O)NS(=O)(=O)CC2CCCCO2)c1. The maximum Gasteiger partial charge on any atom is 0.264 e. The van der Waals surface area contributed by atoms with E-state index < -0.39 is 15.9 Å². The average Bonchev–Trinajstić information content (AvgIpc) is 2.47. The van der Waals surface area contributed by atoms with Crippen molar-refractivity contribution in [3.8, 4) is 6.07 Å². The number of hydrogen-bond donors (Lipinski definition) is 1. The van der Waals surface area contributed by atoms with Crippen LogP contribution in [0.25, 0.3) is 0 Å². The summed E-state index contributed by atoms with van der Waals surface area (Å²) in [6.07, 6.45) is 2.18. The minimum absolute atomic E-state index is 0.141. The first-order valence-corrected chi connectivity index (χ1v) is 8.32. The standard InChI is InChI=1S/C14H16N2O4S/c15-9-11-4-3-5-12(8-11)14(17)16-21(18,19)10-13-6-1-2-7-20-13/h3-5,8,13H,1-2,6-7,10H2,(H,16,17). The first kappa shape index (κ1) is 15.5. The number of hydrogen-bond acceptors (Lipinski definition) is 5. The minimum atomic E-state index is -3.76. The summed E-state index contributed by atoms with van der Waals surface area (Å²) in [5.74, 6) is -0.959. The second-order valence-corrected chi connectivity index (χ2v) is 6.66. The van der Waals surface area contributed by atoms with E-state index in [1.165, 1.54) is 18.2 Å². The Bertz CT molecular complexity index is 658. The summed E-state index contributed by atoms with van der Waals surface area (Å²) in [7, 11) is -3.76. The highest BCUT2D eigenvalue weighted by molar-refractivity contribution is 7.90. The molecular weight excluding hydrogens is 292 g/mol. The van der Waals surface area contributed by atoms with Crippen LogP contribution in [0.15, 0.2) is 24.3 Å². The van der Waals surface area contributed by atoms with Crippen LogP contribution < -0.4 is 4.72 Å². The molecule has 1 aliphatic heterocycles. The maximum atomic E-state index is 12.0.